The van der Waals surface area contributed by atoms with Crippen molar-refractivity contribution in [2.24, 2.45) is 19.8 Å². The van der Waals surface area contributed by atoms with Crippen molar-refractivity contribution >= 4 is 17.1 Å². The third-order valence-electron chi connectivity index (χ3n) is 6.13. The molecule has 2 aromatic heterocycles. The van der Waals surface area contributed by atoms with E-state index in [-0.39, 0.29) is 41.3 Å². The minimum Gasteiger partial charge on any atom is -0.351 e. The molecule has 0 bridgehead atoms. The van der Waals surface area contributed by atoms with Crippen molar-refractivity contribution in [2.45, 2.75) is 50.5 Å². The van der Waals surface area contributed by atoms with Gasteiger partial charge in [-0.1, -0.05) is 31.0 Å². The molecule has 0 spiro atoms. The van der Waals surface area contributed by atoms with Gasteiger partial charge >= 0.3 is 11.9 Å². The summed E-state index contributed by atoms with van der Waals surface area (Å²) in [6.07, 6.45) is -0.994. The van der Waals surface area contributed by atoms with Crippen LogP contribution in [0.25, 0.3) is 11.2 Å². The van der Waals surface area contributed by atoms with E-state index in [9.17, 15) is 22.8 Å². The zero-order chi connectivity index (χ0) is 23.2. The van der Waals surface area contributed by atoms with Crippen LogP contribution >= 0.6 is 0 Å². The second-order valence-electron chi connectivity index (χ2n) is 8.25. The molecule has 4 rings (SSSR count). The van der Waals surface area contributed by atoms with Crippen molar-refractivity contribution in [3.8, 4) is 0 Å². The fraction of sp³-hybridized carbons (Fsp3) is 0.476. The Balaban J connectivity index is 1.92. The van der Waals surface area contributed by atoms with Gasteiger partial charge in [-0.3, -0.25) is 18.5 Å². The third kappa shape index (κ3) is 3.81. The monoisotopic (exact) mass is 450 g/mol. The minimum atomic E-state index is -4.55. The molecule has 1 fully saturated rings. The molecular formula is C21H25F3N6O2. The lowest BCUT2D eigenvalue weighted by atomic mass is 9.91. The third-order valence-corrected chi connectivity index (χ3v) is 6.13. The average Bonchev–Trinajstić information content (AvgIpc) is 3.10. The van der Waals surface area contributed by atoms with Crippen LogP contribution in [-0.4, -0.2) is 30.8 Å². The molecule has 3 N–H and O–H groups in total. The topological polar surface area (TPSA) is 99.9 Å². The highest BCUT2D eigenvalue weighted by Crippen LogP contribution is 2.33. The van der Waals surface area contributed by atoms with Gasteiger partial charge in [-0.05, 0) is 24.5 Å². The first-order valence-electron chi connectivity index (χ1n) is 10.4. The number of rotatable bonds is 4. The number of halogens is 3. The number of nitrogens with two attached hydrogens (primary N) is 1. The van der Waals surface area contributed by atoms with Crippen LogP contribution in [0.5, 0.6) is 0 Å². The molecule has 2 atom stereocenters. The first-order chi connectivity index (χ1) is 15.1. The maximum atomic E-state index is 13.6. The maximum Gasteiger partial charge on any atom is 0.416 e. The largest absolute Gasteiger partial charge is 0.416 e. The van der Waals surface area contributed by atoms with E-state index < -0.39 is 23.0 Å². The molecule has 0 amide bonds. The van der Waals surface area contributed by atoms with Gasteiger partial charge in [0.1, 0.15) is 0 Å². The van der Waals surface area contributed by atoms with Crippen LogP contribution in [0, 0.1) is 0 Å². The standard InChI is InChI=1S/C21H25F3N6O2/c1-28-17-16(18(31)29(2)20(28)32)30(11-12-7-3-4-8-13(12)21(22,23)24)19(27-17)26-15-10-6-5-9-14(15)25/h3-4,7-8,14-15H,5-6,9-11,25H2,1-2H3,(H,26,27). The van der Waals surface area contributed by atoms with Crippen LogP contribution in [0.15, 0.2) is 33.9 Å². The van der Waals surface area contributed by atoms with Crippen molar-refractivity contribution in [3.63, 3.8) is 0 Å². The number of hydrogen-bond donors (Lipinski definition) is 2. The van der Waals surface area contributed by atoms with E-state index >= 15 is 0 Å². The Morgan fingerprint density at radius 2 is 1.81 bits per heavy atom. The predicted octanol–water partition coefficient (Wildman–Crippen LogP) is 2.18. The van der Waals surface area contributed by atoms with Crippen LogP contribution in [-0.2, 0) is 26.8 Å². The molecule has 0 radical (unpaired) electrons. The Labute approximate surface area is 181 Å². The Kier molecular flexibility index (Phi) is 5.61. The minimum absolute atomic E-state index is 0.00815. The first-order valence-corrected chi connectivity index (χ1v) is 10.4. The fourth-order valence-electron chi connectivity index (χ4n) is 4.32. The lowest BCUT2D eigenvalue weighted by molar-refractivity contribution is -0.138. The van der Waals surface area contributed by atoms with Gasteiger partial charge in [0.2, 0.25) is 5.95 Å². The molecular weight excluding hydrogens is 425 g/mol. The number of anilines is 1. The molecule has 8 nitrogen and oxygen atoms in total. The van der Waals surface area contributed by atoms with Crippen LogP contribution in [0.3, 0.4) is 0 Å². The highest BCUT2D eigenvalue weighted by molar-refractivity contribution is 5.74. The summed E-state index contributed by atoms with van der Waals surface area (Å²) in [4.78, 5) is 29.8. The summed E-state index contributed by atoms with van der Waals surface area (Å²) in [5.41, 5.74) is 4.42. The number of aryl methyl sites for hydroxylation is 1. The average molecular weight is 450 g/mol. The van der Waals surface area contributed by atoms with Crippen LogP contribution in [0.1, 0.15) is 36.8 Å². The Hall–Kier alpha value is -3.08. The molecule has 2 unspecified atom stereocenters. The molecule has 3 aromatic rings. The molecule has 0 aliphatic heterocycles. The molecule has 11 heteroatoms. The molecule has 1 aromatic carbocycles. The second-order valence-corrected chi connectivity index (χ2v) is 8.25. The number of fused-ring (bicyclic) bond motifs is 1. The highest BCUT2D eigenvalue weighted by atomic mass is 19.4. The predicted molar refractivity (Wildman–Crippen MR) is 115 cm³/mol. The van der Waals surface area contributed by atoms with E-state index in [1.54, 1.807) is 0 Å². The number of nitrogens with zero attached hydrogens (tertiary/aromatic N) is 4. The lowest BCUT2D eigenvalue weighted by Crippen LogP contribution is -2.43. The summed E-state index contributed by atoms with van der Waals surface area (Å²) in [5.74, 6) is 0.220. The van der Waals surface area contributed by atoms with E-state index in [0.29, 0.717) is 0 Å². The van der Waals surface area contributed by atoms with Crippen molar-refractivity contribution in [1.82, 2.24) is 18.7 Å². The second kappa shape index (κ2) is 8.12. The molecule has 172 valence electrons. The van der Waals surface area contributed by atoms with Gasteiger partial charge in [-0.25, -0.2) is 4.79 Å². The summed E-state index contributed by atoms with van der Waals surface area (Å²) in [7, 11) is 2.80. The smallest absolute Gasteiger partial charge is 0.351 e. The number of alkyl halides is 3. The normalized spacial score (nSPS) is 19.4. The first kappa shape index (κ1) is 22.1. The fourth-order valence-corrected chi connectivity index (χ4v) is 4.32. The number of benzene rings is 1. The summed E-state index contributed by atoms with van der Waals surface area (Å²) in [6, 6.07) is 4.93. The van der Waals surface area contributed by atoms with Gasteiger partial charge in [-0.2, -0.15) is 18.2 Å². The highest BCUT2D eigenvalue weighted by Gasteiger charge is 2.34. The SMILES string of the molecule is Cn1c(=O)c2c(nc(NC3CCCCC3N)n2Cc2ccccc2C(F)(F)F)n(C)c1=O. The Morgan fingerprint density at radius 3 is 2.50 bits per heavy atom. The molecule has 0 saturated heterocycles. The van der Waals surface area contributed by atoms with Crippen LogP contribution < -0.4 is 22.3 Å². The van der Waals surface area contributed by atoms with Crippen molar-refractivity contribution < 1.29 is 13.2 Å². The zero-order valence-electron chi connectivity index (χ0n) is 17.8. The van der Waals surface area contributed by atoms with Gasteiger partial charge in [0.05, 0.1) is 12.1 Å². The van der Waals surface area contributed by atoms with E-state index in [4.69, 9.17) is 5.73 Å². The van der Waals surface area contributed by atoms with Crippen molar-refractivity contribution in [2.75, 3.05) is 5.32 Å². The van der Waals surface area contributed by atoms with E-state index in [2.05, 4.69) is 10.3 Å². The number of imidazole rings is 1. The van der Waals surface area contributed by atoms with Crippen molar-refractivity contribution in [1.29, 1.82) is 0 Å². The van der Waals surface area contributed by atoms with Gasteiger partial charge in [0.15, 0.2) is 11.2 Å². The molecule has 2 heterocycles. The number of hydrogen-bond acceptors (Lipinski definition) is 5. The zero-order valence-corrected chi connectivity index (χ0v) is 17.8. The van der Waals surface area contributed by atoms with E-state index in [0.717, 1.165) is 36.3 Å². The number of aromatic nitrogens is 4. The Bertz CT molecular complexity index is 1270. The van der Waals surface area contributed by atoms with Gasteiger partial charge in [-0.15, -0.1) is 0 Å². The molecule has 1 aliphatic carbocycles. The maximum absolute atomic E-state index is 13.6. The van der Waals surface area contributed by atoms with Gasteiger partial charge < -0.3 is 11.1 Å². The molecule has 1 aliphatic rings. The number of nitrogens with one attached hydrogen (secondary N) is 1. The van der Waals surface area contributed by atoms with Gasteiger partial charge in [0.25, 0.3) is 5.56 Å². The summed E-state index contributed by atoms with van der Waals surface area (Å²) >= 11 is 0. The van der Waals surface area contributed by atoms with E-state index in [1.807, 2.05) is 0 Å². The van der Waals surface area contributed by atoms with Crippen LogP contribution in [0.4, 0.5) is 19.1 Å². The van der Waals surface area contributed by atoms with Crippen molar-refractivity contribution in [3.05, 3.63) is 56.2 Å². The van der Waals surface area contributed by atoms with Crippen LogP contribution in [0.2, 0.25) is 0 Å². The van der Waals surface area contributed by atoms with Gasteiger partial charge in [0, 0.05) is 26.2 Å². The lowest BCUT2D eigenvalue weighted by Gasteiger charge is -2.29. The quantitative estimate of drug-likeness (QED) is 0.635. The molecule has 1 saturated carbocycles. The molecule has 32 heavy (non-hydrogen) atoms. The summed E-state index contributed by atoms with van der Waals surface area (Å²) in [5, 5.41) is 3.24. The summed E-state index contributed by atoms with van der Waals surface area (Å²) < 4.78 is 44.4. The Morgan fingerprint density at radius 1 is 1.12 bits per heavy atom. The summed E-state index contributed by atoms with van der Waals surface area (Å²) in [6.45, 7) is -0.246. The van der Waals surface area contributed by atoms with E-state index in [1.165, 1.54) is 41.4 Å².